The predicted molar refractivity (Wildman–Crippen MR) is 73.4 cm³/mol. The van der Waals surface area contributed by atoms with Gasteiger partial charge in [-0.05, 0) is 31.5 Å². The first kappa shape index (κ1) is 14.1. The van der Waals surface area contributed by atoms with Gasteiger partial charge in [0.25, 0.3) is 5.91 Å². The second-order valence-electron chi connectivity index (χ2n) is 4.74. The van der Waals surface area contributed by atoms with Crippen LogP contribution in [0.15, 0.2) is 43.0 Å². The molecule has 0 radical (unpaired) electrons. The molecule has 4 nitrogen and oxygen atoms in total. The number of nitrogens with zero attached hydrogens (tertiary/aromatic N) is 3. The van der Waals surface area contributed by atoms with Gasteiger partial charge in [0.2, 0.25) is 0 Å². The largest absolute Gasteiger partial charge is 0.332 e. The van der Waals surface area contributed by atoms with Crippen molar-refractivity contribution >= 4 is 5.91 Å². The molecule has 2 heterocycles. The van der Waals surface area contributed by atoms with Crippen molar-refractivity contribution in [1.82, 2.24) is 14.9 Å². The maximum Gasteiger partial charge on any atom is 0.257 e. The molecule has 0 saturated heterocycles. The van der Waals surface area contributed by atoms with Gasteiger partial charge in [0.15, 0.2) is 5.82 Å². The van der Waals surface area contributed by atoms with Gasteiger partial charge >= 0.3 is 0 Å². The van der Waals surface area contributed by atoms with Gasteiger partial charge in [0, 0.05) is 31.2 Å². The molecular weight excluding hydrogens is 257 g/mol. The van der Waals surface area contributed by atoms with Crippen molar-refractivity contribution in [3.05, 3.63) is 59.9 Å². The Labute approximate surface area is 117 Å². The number of hydrogen-bond acceptors (Lipinski definition) is 3. The third-order valence-electron chi connectivity index (χ3n) is 2.96. The number of rotatable bonds is 4. The minimum absolute atomic E-state index is 0.0394. The molecule has 1 amide bonds. The number of pyridine rings is 2. The van der Waals surface area contributed by atoms with Crippen molar-refractivity contribution in [2.75, 3.05) is 0 Å². The van der Waals surface area contributed by atoms with Crippen molar-refractivity contribution < 1.29 is 9.18 Å². The van der Waals surface area contributed by atoms with Crippen LogP contribution >= 0.6 is 0 Å². The molecule has 0 N–H and O–H groups in total. The highest BCUT2D eigenvalue weighted by atomic mass is 19.1. The third-order valence-corrected chi connectivity index (χ3v) is 2.96. The minimum atomic E-state index is -0.602. The van der Waals surface area contributed by atoms with Gasteiger partial charge in [-0.1, -0.05) is 6.07 Å². The van der Waals surface area contributed by atoms with Crippen LogP contribution in [0, 0.1) is 5.82 Å². The smallest absolute Gasteiger partial charge is 0.257 e. The van der Waals surface area contributed by atoms with Crippen LogP contribution in [0.5, 0.6) is 0 Å². The van der Waals surface area contributed by atoms with Crippen molar-refractivity contribution in [1.29, 1.82) is 0 Å². The molecule has 0 spiro atoms. The number of aromatic nitrogens is 2. The summed E-state index contributed by atoms with van der Waals surface area (Å²) in [7, 11) is 0. The molecule has 20 heavy (non-hydrogen) atoms. The number of hydrogen-bond donors (Lipinski definition) is 0. The lowest BCUT2D eigenvalue weighted by atomic mass is 10.1. The van der Waals surface area contributed by atoms with Gasteiger partial charge in [-0.2, -0.15) is 0 Å². The second kappa shape index (κ2) is 6.23. The van der Waals surface area contributed by atoms with Gasteiger partial charge in [-0.25, -0.2) is 4.39 Å². The number of carbonyl (C=O) groups is 1. The zero-order chi connectivity index (χ0) is 14.5. The molecule has 2 aromatic rings. The lowest BCUT2D eigenvalue weighted by molar-refractivity contribution is 0.0685. The van der Waals surface area contributed by atoms with Gasteiger partial charge in [-0.15, -0.1) is 0 Å². The van der Waals surface area contributed by atoms with E-state index in [4.69, 9.17) is 0 Å². The fourth-order valence-corrected chi connectivity index (χ4v) is 1.88. The molecule has 104 valence electrons. The van der Waals surface area contributed by atoms with Crippen molar-refractivity contribution in [2.24, 2.45) is 0 Å². The first-order chi connectivity index (χ1) is 9.59. The molecular formula is C15H16FN3O. The summed E-state index contributed by atoms with van der Waals surface area (Å²) < 4.78 is 13.7. The summed E-state index contributed by atoms with van der Waals surface area (Å²) in [6.45, 7) is 4.19. The Balaban J connectivity index is 2.25. The summed E-state index contributed by atoms with van der Waals surface area (Å²) in [6, 6.07) is 5.05. The zero-order valence-corrected chi connectivity index (χ0v) is 11.5. The van der Waals surface area contributed by atoms with Crippen molar-refractivity contribution in [3.8, 4) is 0 Å². The topological polar surface area (TPSA) is 46.1 Å². The minimum Gasteiger partial charge on any atom is -0.332 e. The standard InChI is InChI=1S/C15H16FN3O/c1-11(2)19(10-12-4-3-6-17-8-12)15(20)13-5-7-18-9-14(13)16/h3-9,11H,10H2,1-2H3. The van der Waals surface area contributed by atoms with Crippen LogP contribution in [0.2, 0.25) is 0 Å². The molecule has 0 unspecified atom stereocenters. The second-order valence-corrected chi connectivity index (χ2v) is 4.74. The molecule has 0 bridgehead atoms. The molecule has 5 heteroatoms. The van der Waals surface area contributed by atoms with E-state index >= 15 is 0 Å². The Morgan fingerprint density at radius 1 is 1.25 bits per heavy atom. The summed E-state index contributed by atoms with van der Waals surface area (Å²) >= 11 is 0. The SMILES string of the molecule is CC(C)N(Cc1cccnc1)C(=O)c1ccncc1F. The van der Waals surface area contributed by atoms with Crippen LogP contribution in [-0.4, -0.2) is 26.8 Å². The van der Waals surface area contributed by atoms with E-state index in [-0.39, 0.29) is 17.5 Å². The molecule has 0 atom stereocenters. The average Bonchev–Trinajstić information content (AvgIpc) is 2.45. The van der Waals surface area contributed by atoms with Gasteiger partial charge < -0.3 is 4.90 Å². The molecule has 0 aromatic carbocycles. The maximum atomic E-state index is 13.7. The summed E-state index contributed by atoms with van der Waals surface area (Å²) in [4.78, 5) is 21.7. The normalized spacial score (nSPS) is 10.6. The van der Waals surface area contributed by atoms with Crippen LogP contribution in [0.25, 0.3) is 0 Å². The van der Waals surface area contributed by atoms with Crippen LogP contribution < -0.4 is 0 Å². The van der Waals surface area contributed by atoms with E-state index in [1.165, 1.54) is 12.3 Å². The highest BCUT2D eigenvalue weighted by molar-refractivity contribution is 5.94. The first-order valence-corrected chi connectivity index (χ1v) is 6.39. The number of carbonyl (C=O) groups excluding carboxylic acids is 1. The molecule has 2 aromatic heterocycles. The molecule has 2 rings (SSSR count). The Morgan fingerprint density at radius 3 is 2.60 bits per heavy atom. The highest BCUT2D eigenvalue weighted by Gasteiger charge is 2.21. The Hall–Kier alpha value is -2.30. The molecule has 0 aliphatic heterocycles. The summed E-state index contributed by atoms with van der Waals surface area (Å²) in [5.74, 6) is -0.946. The Morgan fingerprint density at radius 2 is 2.00 bits per heavy atom. The van der Waals surface area contributed by atoms with E-state index in [0.717, 1.165) is 11.8 Å². The fraction of sp³-hybridized carbons (Fsp3) is 0.267. The molecule has 0 saturated carbocycles. The lowest BCUT2D eigenvalue weighted by Gasteiger charge is -2.27. The van der Waals surface area contributed by atoms with Crippen LogP contribution in [0.1, 0.15) is 29.8 Å². The van der Waals surface area contributed by atoms with Crippen molar-refractivity contribution in [2.45, 2.75) is 26.4 Å². The van der Waals surface area contributed by atoms with Crippen LogP contribution in [-0.2, 0) is 6.54 Å². The number of amides is 1. The third kappa shape index (κ3) is 3.17. The lowest BCUT2D eigenvalue weighted by Crippen LogP contribution is -2.36. The molecule has 0 fully saturated rings. The fourth-order valence-electron chi connectivity index (χ4n) is 1.88. The summed E-state index contributed by atoms with van der Waals surface area (Å²) in [6.07, 6.45) is 5.84. The van der Waals surface area contributed by atoms with Crippen LogP contribution in [0.3, 0.4) is 0 Å². The summed E-state index contributed by atoms with van der Waals surface area (Å²) in [5, 5.41) is 0. The predicted octanol–water partition coefficient (Wildman–Crippen LogP) is 2.67. The Kier molecular flexibility index (Phi) is 4.40. The van der Waals surface area contributed by atoms with Crippen LogP contribution in [0.4, 0.5) is 4.39 Å². The monoisotopic (exact) mass is 273 g/mol. The quantitative estimate of drug-likeness (QED) is 0.860. The van der Waals surface area contributed by atoms with E-state index in [1.54, 1.807) is 17.3 Å². The van der Waals surface area contributed by atoms with Crippen molar-refractivity contribution in [3.63, 3.8) is 0 Å². The summed E-state index contributed by atoms with van der Waals surface area (Å²) in [5.41, 5.74) is 0.946. The van der Waals surface area contributed by atoms with E-state index in [2.05, 4.69) is 9.97 Å². The molecule has 0 aliphatic carbocycles. The van der Waals surface area contributed by atoms with Gasteiger partial charge in [0.1, 0.15) is 0 Å². The van der Waals surface area contributed by atoms with E-state index < -0.39 is 5.82 Å². The van der Waals surface area contributed by atoms with Gasteiger partial charge in [-0.3, -0.25) is 14.8 Å². The van der Waals surface area contributed by atoms with E-state index in [1.807, 2.05) is 26.0 Å². The zero-order valence-electron chi connectivity index (χ0n) is 11.5. The highest BCUT2D eigenvalue weighted by Crippen LogP contribution is 2.14. The maximum absolute atomic E-state index is 13.7. The Bertz CT molecular complexity index is 587. The average molecular weight is 273 g/mol. The van der Waals surface area contributed by atoms with E-state index in [0.29, 0.717) is 6.54 Å². The first-order valence-electron chi connectivity index (χ1n) is 6.39. The van der Waals surface area contributed by atoms with Gasteiger partial charge in [0.05, 0.1) is 11.8 Å². The number of halogens is 1. The van der Waals surface area contributed by atoms with E-state index in [9.17, 15) is 9.18 Å². The molecule has 0 aliphatic rings.